The quantitative estimate of drug-likeness (QED) is 0.844. The van der Waals surface area contributed by atoms with Crippen LogP contribution in [0.25, 0.3) is 0 Å². The van der Waals surface area contributed by atoms with Gasteiger partial charge in [0, 0.05) is 16.0 Å². The van der Waals surface area contributed by atoms with E-state index in [9.17, 15) is 4.79 Å². The highest BCUT2D eigenvalue weighted by molar-refractivity contribution is 9.10. The third kappa shape index (κ3) is 4.57. The van der Waals surface area contributed by atoms with Crippen molar-refractivity contribution in [3.05, 3.63) is 69.2 Å². The van der Waals surface area contributed by atoms with Crippen LogP contribution in [0.15, 0.2) is 53.0 Å². The summed E-state index contributed by atoms with van der Waals surface area (Å²) in [4.78, 5) is 14.6. The van der Waals surface area contributed by atoms with Crippen LogP contribution in [0.2, 0.25) is 5.02 Å². The molecule has 22 heavy (non-hydrogen) atoms. The van der Waals surface area contributed by atoms with Crippen LogP contribution in [-0.2, 0) is 0 Å². The Hall–Kier alpha value is -1.36. The fourth-order valence-corrected chi connectivity index (χ4v) is 2.79. The lowest BCUT2D eigenvalue weighted by molar-refractivity contribution is 0.0929. The average Bonchev–Trinajstić information content (AvgIpc) is 2.49. The zero-order valence-corrected chi connectivity index (χ0v) is 14.9. The van der Waals surface area contributed by atoms with E-state index in [1.165, 1.54) is 0 Å². The summed E-state index contributed by atoms with van der Waals surface area (Å²) in [6, 6.07) is 15.0. The van der Waals surface area contributed by atoms with Gasteiger partial charge < -0.3 is 10.2 Å². The maximum atomic E-state index is 12.6. The van der Waals surface area contributed by atoms with Crippen LogP contribution < -0.4 is 5.32 Å². The SMILES string of the molecule is CN(C)CC(NC(=O)c1cc(Cl)ccc1Br)c1ccccc1. The van der Waals surface area contributed by atoms with E-state index in [4.69, 9.17) is 11.6 Å². The van der Waals surface area contributed by atoms with Crippen LogP contribution in [0.1, 0.15) is 22.0 Å². The molecule has 1 amide bonds. The fourth-order valence-electron chi connectivity index (χ4n) is 2.19. The average molecular weight is 382 g/mol. The zero-order chi connectivity index (χ0) is 16.1. The van der Waals surface area contributed by atoms with Gasteiger partial charge in [0.05, 0.1) is 11.6 Å². The van der Waals surface area contributed by atoms with E-state index in [1.54, 1.807) is 18.2 Å². The smallest absolute Gasteiger partial charge is 0.253 e. The second-order valence-corrected chi connectivity index (χ2v) is 6.61. The summed E-state index contributed by atoms with van der Waals surface area (Å²) in [6.07, 6.45) is 0. The van der Waals surface area contributed by atoms with Crippen LogP contribution in [0.5, 0.6) is 0 Å². The summed E-state index contributed by atoms with van der Waals surface area (Å²) < 4.78 is 0.728. The summed E-state index contributed by atoms with van der Waals surface area (Å²) in [5.74, 6) is -0.148. The maximum absolute atomic E-state index is 12.6. The summed E-state index contributed by atoms with van der Waals surface area (Å²) in [6.45, 7) is 0.716. The number of amides is 1. The largest absolute Gasteiger partial charge is 0.344 e. The molecule has 0 aromatic heterocycles. The molecule has 0 aliphatic rings. The Morgan fingerprint density at radius 3 is 2.55 bits per heavy atom. The van der Waals surface area contributed by atoms with E-state index in [1.807, 2.05) is 49.3 Å². The highest BCUT2D eigenvalue weighted by Crippen LogP contribution is 2.22. The second kappa shape index (κ2) is 7.77. The zero-order valence-electron chi connectivity index (χ0n) is 12.5. The van der Waals surface area contributed by atoms with Crippen LogP contribution in [-0.4, -0.2) is 31.4 Å². The molecule has 2 rings (SSSR count). The van der Waals surface area contributed by atoms with E-state index < -0.39 is 0 Å². The van der Waals surface area contributed by atoms with Crippen molar-refractivity contribution in [2.75, 3.05) is 20.6 Å². The molecule has 0 radical (unpaired) electrons. The molecular weight excluding hydrogens is 364 g/mol. The lowest BCUT2D eigenvalue weighted by Crippen LogP contribution is -2.35. The lowest BCUT2D eigenvalue weighted by Gasteiger charge is -2.23. The Kier molecular flexibility index (Phi) is 6.00. The molecule has 0 aliphatic heterocycles. The first-order chi connectivity index (χ1) is 10.5. The number of rotatable bonds is 5. The molecule has 0 heterocycles. The molecule has 2 aromatic rings. The first-order valence-corrected chi connectivity index (χ1v) is 8.10. The molecule has 3 nitrogen and oxygen atoms in total. The molecular formula is C17H18BrClN2O. The Labute approximate surface area is 144 Å². The number of hydrogen-bond donors (Lipinski definition) is 1. The van der Waals surface area contributed by atoms with Gasteiger partial charge in [0.2, 0.25) is 0 Å². The van der Waals surface area contributed by atoms with Crippen LogP contribution in [0, 0.1) is 0 Å². The molecule has 0 saturated heterocycles. The normalized spacial score (nSPS) is 12.2. The van der Waals surface area contributed by atoms with E-state index in [-0.39, 0.29) is 11.9 Å². The minimum Gasteiger partial charge on any atom is -0.344 e. The van der Waals surface area contributed by atoms with Crippen molar-refractivity contribution in [2.45, 2.75) is 6.04 Å². The van der Waals surface area contributed by atoms with Crippen molar-refractivity contribution < 1.29 is 4.79 Å². The van der Waals surface area contributed by atoms with Crippen LogP contribution in [0.3, 0.4) is 0 Å². The topological polar surface area (TPSA) is 32.3 Å². The molecule has 0 fully saturated rings. The first-order valence-electron chi connectivity index (χ1n) is 6.93. The number of nitrogens with zero attached hydrogens (tertiary/aromatic N) is 1. The van der Waals surface area contributed by atoms with Gasteiger partial charge in [0.25, 0.3) is 5.91 Å². The minimum atomic E-state index is -0.148. The molecule has 2 aromatic carbocycles. The van der Waals surface area contributed by atoms with Gasteiger partial charge in [-0.2, -0.15) is 0 Å². The van der Waals surface area contributed by atoms with Gasteiger partial charge in [-0.3, -0.25) is 4.79 Å². The number of benzene rings is 2. The number of nitrogens with one attached hydrogen (secondary N) is 1. The minimum absolute atomic E-state index is 0.0884. The van der Waals surface area contributed by atoms with Crippen LogP contribution >= 0.6 is 27.5 Å². The summed E-state index contributed by atoms with van der Waals surface area (Å²) >= 11 is 9.39. The molecule has 1 unspecified atom stereocenters. The number of likely N-dealkylation sites (N-methyl/N-ethyl adjacent to an activating group) is 1. The first kappa shape index (κ1) is 17.0. The number of hydrogen-bond acceptors (Lipinski definition) is 2. The van der Waals surface area contributed by atoms with E-state index in [0.29, 0.717) is 17.1 Å². The van der Waals surface area contributed by atoms with Crippen molar-refractivity contribution in [3.63, 3.8) is 0 Å². The summed E-state index contributed by atoms with van der Waals surface area (Å²) in [5.41, 5.74) is 1.61. The van der Waals surface area contributed by atoms with Gasteiger partial charge in [-0.25, -0.2) is 0 Å². The van der Waals surface area contributed by atoms with Gasteiger partial charge in [0.1, 0.15) is 0 Å². The third-order valence-corrected chi connectivity index (χ3v) is 4.15. The predicted octanol–water partition coefficient (Wildman–Crippen LogP) is 4.14. The summed E-state index contributed by atoms with van der Waals surface area (Å²) in [5, 5.41) is 3.62. The monoisotopic (exact) mass is 380 g/mol. The van der Waals surface area contributed by atoms with E-state index in [0.717, 1.165) is 10.0 Å². The Bertz CT molecular complexity index is 646. The molecule has 0 aliphatic carbocycles. The van der Waals surface area contributed by atoms with E-state index >= 15 is 0 Å². The Morgan fingerprint density at radius 1 is 1.23 bits per heavy atom. The van der Waals surface area contributed by atoms with Crippen molar-refractivity contribution >= 4 is 33.4 Å². The van der Waals surface area contributed by atoms with Gasteiger partial charge in [-0.15, -0.1) is 0 Å². The van der Waals surface area contributed by atoms with Crippen molar-refractivity contribution in [3.8, 4) is 0 Å². The Morgan fingerprint density at radius 2 is 1.91 bits per heavy atom. The molecule has 1 N–H and O–H groups in total. The van der Waals surface area contributed by atoms with Gasteiger partial charge in [-0.05, 0) is 53.8 Å². The number of carbonyl (C=O) groups is 1. The third-order valence-electron chi connectivity index (χ3n) is 3.23. The lowest BCUT2D eigenvalue weighted by atomic mass is 10.1. The number of carbonyl (C=O) groups excluding carboxylic acids is 1. The highest BCUT2D eigenvalue weighted by Gasteiger charge is 2.18. The number of halogens is 2. The fraction of sp³-hybridized carbons (Fsp3) is 0.235. The molecule has 1 atom stereocenters. The van der Waals surface area contributed by atoms with Crippen molar-refractivity contribution in [1.82, 2.24) is 10.2 Å². The highest BCUT2D eigenvalue weighted by atomic mass is 79.9. The molecule has 0 bridgehead atoms. The van der Waals surface area contributed by atoms with Crippen molar-refractivity contribution in [1.29, 1.82) is 0 Å². The second-order valence-electron chi connectivity index (χ2n) is 5.32. The predicted molar refractivity (Wildman–Crippen MR) is 94.4 cm³/mol. The standard InChI is InChI=1S/C17H18BrClN2O/c1-21(2)11-16(12-6-4-3-5-7-12)20-17(22)14-10-13(19)8-9-15(14)18/h3-10,16H,11H2,1-2H3,(H,20,22). The van der Waals surface area contributed by atoms with Gasteiger partial charge in [0.15, 0.2) is 0 Å². The Balaban J connectivity index is 2.23. The maximum Gasteiger partial charge on any atom is 0.253 e. The van der Waals surface area contributed by atoms with Crippen molar-refractivity contribution in [2.24, 2.45) is 0 Å². The molecule has 116 valence electrons. The summed E-state index contributed by atoms with van der Waals surface area (Å²) in [7, 11) is 3.97. The van der Waals surface area contributed by atoms with E-state index in [2.05, 4.69) is 21.2 Å². The molecule has 0 saturated carbocycles. The van der Waals surface area contributed by atoms with Crippen LogP contribution in [0.4, 0.5) is 0 Å². The molecule has 5 heteroatoms. The molecule has 0 spiro atoms. The van der Waals surface area contributed by atoms with Gasteiger partial charge in [-0.1, -0.05) is 41.9 Å². The van der Waals surface area contributed by atoms with Gasteiger partial charge >= 0.3 is 0 Å².